The van der Waals surface area contributed by atoms with Gasteiger partial charge in [-0.05, 0) is 36.1 Å². The number of benzene rings is 1. The molecule has 4 heteroatoms. The largest absolute Gasteiger partial charge is 0.493 e. The van der Waals surface area contributed by atoms with Crippen LogP contribution in [0.2, 0.25) is 0 Å². The minimum atomic E-state index is -0.535. The molecule has 1 aliphatic heterocycles. The second-order valence-electron chi connectivity index (χ2n) is 4.73. The van der Waals surface area contributed by atoms with Crippen LogP contribution in [0.15, 0.2) is 36.8 Å². The Bertz CT molecular complexity index is 557. The highest BCUT2D eigenvalue weighted by atomic mass is 16.5. The lowest BCUT2D eigenvalue weighted by Gasteiger charge is -2.10. The van der Waals surface area contributed by atoms with Crippen molar-refractivity contribution in [3.63, 3.8) is 0 Å². The van der Waals surface area contributed by atoms with Gasteiger partial charge < -0.3 is 9.84 Å². The number of hydrogen-bond donors (Lipinski definition) is 1. The molecule has 4 nitrogen and oxygen atoms in total. The van der Waals surface area contributed by atoms with Gasteiger partial charge in [-0.15, -0.1) is 0 Å². The van der Waals surface area contributed by atoms with Gasteiger partial charge >= 0.3 is 0 Å². The Morgan fingerprint density at radius 3 is 3.11 bits per heavy atom. The molecule has 0 spiro atoms. The zero-order valence-corrected chi connectivity index (χ0v) is 10.6. The minimum absolute atomic E-state index is 0.535. The molecule has 1 aliphatic rings. The van der Waals surface area contributed by atoms with Gasteiger partial charge in [0.15, 0.2) is 0 Å². The fourth-order valence-corrected chi connectivity index (χ4v) is 2.34. The fraction of sp³-hybridized carbons (Fsp3) is 0.333. The van der Waals surface area contributed by atoms with E-state index in [1.807, 2.05) is 6.07 Å². The third kappa shape index (κ3) is 2.74. The Morgan fingerprint density at radius 2 is 2.26 bits per heavy atom. The number of hydrogen-bond acceptors (Lipinski definition) is 4. The molecule has 0 saturated carbocycles. The molecule has 0 aliphatic carbocycles. The van der Waals surface area contributed by atoms with Gasteiger partial charge in [-0.3, -0.25) is 0 Å². The number of nitrogens with zero attached hydrogens (tertiary/aromatic N) is 2. The maximum atomic E-state index is 10.1. The van der Waals surface area contributed by atoms with Crippen molar-refractivity contribution in [2.75, 3.05) is 6.61 Å². The number of aliphatic hydroxyl groups excluding tert-OH is 1. The van der Waals surface area contributed by atoms with Crippen molar-refractivity contribution in [3.8, 4) is 5.75 Å². The summed E-state index contributed by atoms with van der Waals surface area (Å²) >= 11 is 0. The number of ether oxygens (including phenoxy) is 1. The Morgan fingerprint density at radius 1 is 1.32 bits per heavy atom. The summed E-state index contributed by atoms with van der Waals surface area (Å²) < 4.78 is 5.48. The molecule has 1 atom stereocenters. The lowest BCUT2D eigenvalue weighted by Crippen LogP contribution is -2.02. The Kier molecular flexibility index (Phi) is 3.42. The molecule has 1 N–H and O–H groups in total. The normalized spacial score (nSPS) is 14.8. The number of fused-ring (bicyclic) bond motifs is 1. The highest BCUT2D eigenvalue weighted by Crippen LogP contribution is 2.27. The van der Waals surface area contributed by atoms with Gasteiger partial charge in [0.1, 0.15) is 12.1 Å². The van der Waals surface area contributed by atoms with Crippen LogP contribution in [0, 0.1) is 0 Å². The molecule has 0 radical (unpaired) electrons. The Labute approximate surface area is 112 Å². The van der Waals surface area contributed by atoms with Crippen molar-refractivity contribution in [2.45, 2.75) is 25.4 Å². The van der Waals surface area contributed by atoms with Crippen LogP contribution in [-0.4, -0.2) is 21.7 Å². The fourth-order valence-electron chi connectivity index (χ4n) is 2.34. The van der Waals surface area contributed by atoms with Crippen LogP contribution in [0.4, 0.5) is 0 Å². The van der Waals surface area contributed by atoms with Gasteiger partial charge in [0.05, 0.1) is 18.4 Å². The summed E-state index contributed by atoms with van der Waals surface area (Å²) in [6, 6.07) is 8.02. The highest BCUT2D eigenvalue weighted by molar-refractivity contribution is 5.39. The average Bonchev–Trinajstić information content (AvgIpc) is 2.93. The molecule has 0 fully saturated rings. The first kappa shape index (κ1) is 12.1. The number of aliphatic hydroxyl groups is 1. The van der Waals surface area contributed by atoms with Crippen molar-refractivity contribution >= 4 is 0 Å². The van der Waals surface area contributed by atoms with Crippen molar-refractivity contribution < 1.29 is 9.84 Å². The summed E-state index contributed by atoms with van der Waals surface area (Å²) in [6.45, 7) is 0.780. The first-order valence-electron chi connectivity index (χ1n) is 6.51. The van der Waals surface area contributed by atoms with E-state index in [0.29, 0.717) is 12.1 Å². The van der Waals surface area contributed by atoms with Crippen LogP contribution >= 0.6 is 0 Å². The van der Waals surface area contributed by atoms with E-state index in [9.17, 15) is 5.11 Å². The van der Waals surface area contributed by atoms with Crippen LogP contribution in [0.3, 0.4) is 0 Å². The monoisotopic (exact) mass is 256 g/mol. The molecule has 1 aromatic heterocycles. The molecule has 1 unspecified atom stereocenters. The summed E-state index contributed by atoms with van der Waals surface area (Å²) in [5.74, 6) is 1.00. The molecule has 19 heavy (non-hydrogen) atoms. The number of aryl methyl sites for hydroxylation is 1. The average molecular weight is 256 g/mol. The van der Waals surface area contributed by atoms with Crippen molar-refractivity contribution in [1.82, 2.24) is 9.97 Å². The lowest BCUT2D eigenvalue weighted by atomic mass is 10.0. The van der Waals surface area contributed by atoms with Gasteiger partial charge in [-0.2, -0.15) is 0 Å². The first-order chi connectivity index (χ1) is 9.33. The maximum Gasteiger partial charge on any atom is 0.122 e. The molecule has 2 heterocycles. The predicted molar refractivity (Wildman–Crippen MR) is 71.0 cm³/mol. The second-order valence-corrected chi connectivity index (χ2v) is 4.73. The molecule has 2 aromatic rings. The molecule has 98 valence electrons. The lowest BCUT2D eigenvalue weighted by molar-refractivity contribution is 0.163. The van der Waals surface area contributed by atoms with E-state index in [-0.39, 0.29) is 0 Å². The second kappa shape index (κ2) is 5.36. The van der Waals surface area contributed by atoms with E-state index < -0.39 is 6.10 Å². The third-order valence-corrected chi connectivity index (χ3v) is 3.41. The molecule has 1 aromatic carbocycles. The van der Waals surface area contributed by atoms with Gasteiger partial charge in [-0.25, -0.2) is 9.97 Å². The van der Waals surface area contributed by atoms with E-state index in [1.165, 1.54) is 17.5 Å². The smallest absolute Gasteiger partial charge is 0.122 e. The van der Waals surface area contributed by atoms with Gasteiger partial charge in [0.25, 0.3) is 0 Å². The van der Waals surface area contributed by atoms with E-state index in [4.69, 9.17) is 4.74 Å². The zero-order valence-electron chi connectivity index (χ0n) is 10.6. The minimum Gasteiger partial charge on any atom is -0.493 e. The van der Waals surface area contributed by atoms with Crippen molar-refractivity contribution in [1.29, 1.82) is 0 Å². The summed E-state index contributed by atoms with van der Waals surface area (Å²) in [5.41, 5.74) is 3.19. The quantitative estimate of drug-likeness (QED) is 0.910. The van der Waals surface area contributed by atoms with Crippen LogP contribution in [0.5, 0.6) is 5.75 Å². The molecule has 0 bridgehead atoms. The highest BCUT2D eigenvalue weighted by Gasteiger charge is 2.13. The molecular weight excluding hydrogens is 240 g/mol. The maximum absolute atomic E-state index is 10.1. The number of rotatable bonds is 4. The van der Waals surface area contributed by atoms with Gasteiger partial charge in [0, 0.05) is 12.6 Å². The Balaban J connectivity index is 1.63. The van der Waals surface area contributed by atoms with Crippen LogP contribution in [0.25, 0.3) is 0 Å². The van der Waals surface area contributed by atoms with Crippen molar-refractivity contribution in [2.24, 2.45) is 0 Å². The SMILES string of the molecule is OC(CCc1ccc2c(c1)CCO2)c1ccncn1. The van der Waals surface area contributed by atoms with Crippen LogP contribution in [-0.2, 0) is 12.8 Å². The summed E-state index contributed by atoms with van der Waals surface area (Å²) in [7, 11) is 0. The molecular formula is C15H16N2O2. The van der Waals surface area contributed by atoms with E-state index in [1.54, 1.807) is 12.3 Å². The van der Waals surface area contributed by atoms with E-state index in [0.717, 1.165) is 25.2 Å². The van der Waals surface area contributed by atoms with Gasteiger partial charge in [-0.1, -0.05) is 12.1 Å². The summed E-state index contributed by atoms with van der Waals surface area (Å²) in [6.07, 6.45) is 5.06. The third-order valence-electron chi connectivity index (χ3n) is 3.41. The topological polar surface area (TPSA) is 55.2 Å². The summed E-state index contributed by atoms with van der Waals surface area (Å²) in [5, 5.41) is 10.1. The molecule has 3 rings (SSSR count). The summed E-state index contributed by atoms with van der Waals surface area (Å²) in [4.78, 5) is 7.92. The van der Waals surface area contributed by atoms with Crippen molar-refractivity contribution in [3.05, 3.63) is 53.6 Å². The molecule has 0 amide bonds. The Hall–Kier alpha value is -1.94. The predicted octanol–water partition coefficient (Wildman–Crippen LogP) is 2.08. The number of aromatic nitrogens is 2. The van der Waals surface area contributed by atoms with Crippen LogP contribution < -0.4 is 4.74 Å². The van der Waals surface area contributed by atoms with E-state index >= 15 is 0 Å². The van der Waals surface area contributed by atoms with E-state index in [2.05, 4.69) is 22.1 Å². The standard InChI is InChI=1S/C15H16N2O2/c18-14(13-5-7-16-10-17-13)3-1-11-2-4-15-12(9-11)6-8-19-15/h2,4-5,7,9-10,14,18H,1,3,6,8H2. The zero-order chi connectivity index (χ0) is 13.1. The molecule has 0 saturated heterocycles. The first-order valence-corrected chi connectivity index (χ1v) is 6.51. The van der Waals surface area contributed by atoms with Gasteiger partial charge in [0.2, 0.25) is 0 Å². The van der Waals surface area contributed by atoms with Crippen LogP contribution in [0.1, 0.15) is 29.3 Å².